The van der Waals surface area contributed by atoms with Gasteiger partial charge in [0.2, 0.25) is 0 Å². The van der Waals surface area contributed by atoms with Crippen LogP contribution in [-0.2, 0) is 0 Å². The summed E-state index contributed by atoms with van der Waals surface area (Å²) in [6.07, 6.45) is 5.14. The third kappa shape index (κ3) is 2.99. The molecule has 2 rings (SSSR count). The van der Waals surface area contributed by atoms with E-state index < -0.39 is 5.97 Å². The minimum absolute atomic E-state index is 0.334. The number of hydrogen-bond donors (Lipinski definition) is 2. The van der Waals surface area contributed by atoms with Gasteiger partial charge in [-0.15, -0.1) is 0 Å². The Morgan fingerprint density at radius 2 is 2.18 bits per heavy atom. The van der Waals surface area contributed by atoms with E-state index in [1.807, 2.05) is 12.1 Å². The van der Waals surface area contributed by atoms with Crippen LogP contribution in [0.15, 0.2) is 24.3 Å². The number of benzene rings is 1. The molecule has 1 fully saturated rings. The van der Waals surface area contributed by atoms with Crippen molar-refractivity contribution >= 4 is 11.7 Å². The van der Waals surface area contributed by atoms with E-state index in [0.717, 1.165) is 18.0 Å². The molecule has 92 valence electrons. The van der Waals surface area contributed by atoms with Crippen LogP contribution >= 0.6 is 0 Å². The Morgan fingerprint density at radius 1 is 1.47 bits per heavy atom. The lowest BCUT2D eigenvalue weighted by Gasteiger charge is -2.29. The second-order valence-corrected chi connectivity index (χ2v) is 4.93. The summed E-state index contributed by atoms with van der Waals surface area (Å²) in [4.78, 5) is 11.1. The van der Waals surface area contributed by atoms with Crippen LogP contribution in [0.4, 0.5) is 5.69 Å². The van der Waals surface area contributed by atoms with E-state index in [-0.39, 0.29) is 0 Å². The molecule has 0 amide bonds. The number of carboxylic acid groups (broad SMARTS) is 1. The number of hydrogen-bond acceptors (Lipinski definition) is 2. The van der Waals surface area contributed by atoms with Crippen LogP contribution < -0.4 is 5.32 Å². The highest BCUT2D eigenvalue weighted by atomic mass is 16.4. The zero-order valence-electron chi connectivity index (χ0n) is 10.1. The van der Waals surface area contributed by atoms with Gasteiger partial charge in [-0.05, 0) is 31.4 Å². The number of carbonyl (C=O) groups is 1. The highest BCUT2D eigenvalue weighted by Gasteiger charge is 2.20. The van der Waals surface area contributed by atoms with Crippen molar-refractivity contribution in [1.82, 2.24) is 0 Å². The first kappa shape index (κ1) is 12.0. The summed E-state index contributed by atoms with van der Waals surface area (Å²) in [5.74, 6) is -0.0431. The van der Waals surface area contributed by atoms with Gasteiger partial charge in [0.05, 0.1) is 5.56 Å². The van der Waals surface area contributed by atoms with Gasteiger partial charge in [0.15, 0.2) is 0 Å². The van der Waals surface area contributed by atoms with Crippen LogP contribution in [-0.4, -0.2) is 17.1 Å². The van der Waals surface area contributed by atoms with Crippen molar-refractivity contribution < 1.29 is 9.90 Å². The van der Waals surface area contributed by atoms with E-state index in [0.29, 0.717) is 11.6 Å². The molecule has 1 unspecified atom stereocenters. The van der Waals surface area contributed by atoms with Crippen molar-refractivity contribution in [1.29, 1.82) is 0 Å². The van der Waals surface area contributed by atoms with Crippen molar-refractivity contribution in [3.63, 3.8) is 0 Å². The Hall–Kier alpha value is -1.51. The second-order valence-electron chi connectivity index (χ2n) is 4.93. The minimum atomic E-state index is -0.871. The monoisotopic (exact) mass is 233 g/mol. The van der Waals surface area contributed by atoms with Gasteiger partial charge < -0.3 is 10.4 Å². The fourth-order valence-electron chi connectivity index (χ4n) is 2.35. The maximum Gasteiger partial charge on any atom is 0.337 e. The van der Waals surface area contributed by atoms with E-state index in [1.165, 1.54) is 19.3 Å². The zero-order valence-corrected chi connectivity index (χ0v) is 10.1. The molecular formula is C14H19NO2. The molecule has 1 atom stereocenters. The summed E-state index contributed by atoms with van der Waals surface area (Å²) in [6, 6.07) is 7.43. The van der Waals surface area contributed by atoms with Crippen LogP contribution in [0.2, 0.25) is 0 Å². The van der Waals surface area contributed by atoms with Crippen molar-refractivity contribution in [3.8, 4) is 0 Å². The average Bonchev–Trinajstić information content (AvgIpc) is 2.24. The lowest BCUT2D eigenvalue weighted by atomic mass is 9.81. The summed E-state index contributed by atoms with van der Waals surface area (Å²) in [7, 11) is 0. The van der Waals surface area contributed by atoms with Crippen LogP contribution in [0, 0.1) is 5.92 Å². The van der Waals surface area contributed by atoms with Crippen LogP contribution in [0.5, 0.6) is 0 Å². The number of carboxylic acids is 1. The molecule has 1 aliphatic carbocycles. The number of rotatable bonds is 5. The van der Waals surface area contributed by atoms with Gasteiger partial charge in [-0.25, -0.2) is 4.79 Å². The second kappa shape index (κ2) is 5.21. The fraction of sp³-hybridized carbons (Fsp3) is 0.500. The predicted molar refractivity (Wildman–Crippen MR) is 68.4 cm³/mol. The van der Waals surface area contributed by atoms with Gasteiger partial charge in [0.25, 0.3) is 0 Å². The molecule has 0 spiro atoms. The molecule has 1 aromatic rings. The Balaban J connectivity index is 1.99. The predicted octanol–water partition coefficient (Wildman–Crippen LogP) is 3.38. The lowest BCUT2D eigenvalue weighted by Crippen LogP contribution is -2.24. The Labute approximate surface area is 102 Å². The molecule has 17 heavy (non-hydrogen) atoms. The molecule has 3 nitrogen and oxygen atoms in total. The van der Waals surface area contributed by atoms with Gasteiger partial charge in [-0.1, -0.05) is 31.4 Å². The number of aromatic carboxylic acids is 1. The molecule has 0 bridgehead atoms. The molecule has 0 aliphatic heterocycles. The number of para-hydroxylation sites is 1. The number of anilines is 1. The smallest absolute Gasteiger partial charge is 0.337 e. The topological polar surface area (TPSA) is 49.3 Å². The first-order valence-electron chi connectivity index (χ1n) is 6.25. The van der Waals surface area contributed by atoms with Crippen LogP contribution in [0.1, 0.15) is 43.0 Å². The van der Waals surface area contributed by atoms with E-state index in [2.05, 4.69) is 12.2 Å². The molecule has 1 aliphatic rings. The molecule has 0 radical (unpaired) electrons. The van der Waals surface area contributed by atoms with Gasteiger partial charge in [-0.3, -0.25) is 0 Å². The van der Waals surface area contributed by atoms with E-state index in [9.17, 15) is 4.79 Å². The maximum atomic E-state index is 11.1. The van der Waals surface area contributed by atoms with Gasteiger partial charge >= 0.3 is 5.97 Å². The molecule has 1 aromatic carbocycles. The highest BCUT2D eigenvalue weighted by Crippen LogP contribution is 2.31. The molecule has 0 heterocycles. The van der Waals surface area contributed by atoms with Crippen molar-refractivity contribution in [2.75, 3.05) is 5.32 Å². The molecule has 1 saturated carbocycles. The Kier molecular flexibility index (Phi) is 3.67. The van der Waals surface area contributed by atoms with Crippen molar-refractivity contribution in [2.45, 2.75) is 38.6 Å². The zero-order chi connectivity index (χ0) is 12.3. The molecule has 0 aromatic heterocycles. The van der Waals surface area contributed by atoms with Crippen molar-refractivity contribution in [2.24, 2.45) is 5.92 Å². The third-order valence-corrected chi connectivity index (χ3v) is 3.47. The quantitative estimate of drug-likeness (QED) is 0.819. The normalized spacial score (nSPS) is 17.2. The number of nitrogens with one attached hydrogen (secondary N) is 1. The summed E-state index contributed by atoms with van der Waals surface area (Å²) in [6.45, 7) is 2.12. The van der Waals surface area contributed by atoms with Gasteiger partial charge in [0.1, 0.15) is 0 Å². The minimum Gasteiger partial charge on any atom is -0.478 e. The van der Waals surface area contributed by atoms with Crippen LogP contribution in [0.3, 0.4) is 0 Å². The average molecular weight is 233 g/mol. The summed E-state index contributed by atoms with van der Waals surface area (Å²) >= 11 is 0. The van der Waals surface area contributed by atoms with E-state index in [4.69, 9.17) is 5.11 Å². The first-order chi connectivity index (χ1) is 8.16. The highest BCUT2D eigenvalue weighted by molar-refractivity contribution is 5.94. The van der Waals surface area contributed by atoms with Gasteiger partial charge in [-0.2, -0.15) is 0 Å². The third-order valence-electron chi connectivity index (χ3n) is 3.47. The Morgan fingerprint density at radius 3 is 2.76 bits per heavy atom. The standard InChI is InChI=1S/C14H19NO2/c1-10(9-11-5-4-6-11)15-13-8-3-2-7-12(13)14(16)17/h2-3,7-8,10-11,15H,4-6,9H2,1H3,(H,16,17). The molecular weight excluding hydrogens is 214 g/mol. The fourth-order valence-corrected chi connectivity index (χ4v) is 2.35. The van der Waals surface area contributed by atoms with E-state index in [1.54, 1.807) is 12.1 Å². The largest absolute Gasteiger partial charge is 0.478 e. The summed E-state index contributed by atoms with van der Waals surface area (Å²) in [5.41, 5.74) is 1.08. The van der Waals surface area contributed by atoms with Crippen LogP contribution in [0.25, 0.3) is 0 Å². The summed E-state index contributed by atoms with van der Waals surface area (Å²) < 4.78 is 0. The molecule has 3 heteroatoms. The maximum absolute atomic E-state index is 11.1. The Bertz CT molecular complexity index is 399. The van der Waals surface area contributed by atoms with E-state index >= 15 is 0 Å². The molecule has 2 N–H and O–H groups in total. The summed E-state index contributed by atoms with van der Waals surface area (Å²) in [5, 5.41) is 12.4. The lowest BCUT2D eigenvalue weighted by molar-refractivity contribution is 0.0698. The van der Waals surface area contributed by atoms with Crippen molar-refractivity contribution in [3.05, 3.63) is 29.8 Å². The molecule has 0 saturated heterocycles. The SMILES string of the molecule is CC(CC1CCC1)Nc1ccccc1C(=O)O. The first-order valence-corrected chi connectivity index (χ1v) is 6.25. The van der Waals surface area contributed by atoms with Gasteiger partial charge in [0, 0.05) is 11.7 Å².